The standard InChI is InChI=1S/C16H23N3O2.ClH/c1-11(17)9-15(20)18-12(2)13-5-3-6-14(10-13)19-8-4-7-16(19)21;/h3,5-6,10-12H,4,7-9,17H2,1-2H3,(H,18,20);1H. The quantitative estimate of drug-likeness (QED) is 0.871. The van der Waals surface area contributed by atoms with Crippen molar-refractivity contribution in [2.45, 2.75) is 45.2 Å². The number of amides is 2. The average Bonchev–Trinajstić information content (AvgIpc) is 2.84. The van der Waals surface area contributed by atoms with Crippen LogP contribution in [0.1, 0.15) is 44.7 Å². The maximum absolute atomic E-state index is 11.8. The first kappa shape index (κ1) is 18.5. The zero-order chi connectivity index (χ0) is 15.4. The van der Waals surface area contributed by atoms with Gasteiger partial charge in [-0.1, -0.05) is 12.1 Å². The summed E-state index contributed by atoms with van der Waals surface area (Å²) < 4.78 is 0. The van der Waals surface area contributed by atoms with E-state index in [0.717, 1.165) is 24.2 Å². The molecule has 22 heavy (non-hydrogen) atoms. The van der Waals surface area contributed by atoms with Crippen LogP contribution in [-0.2, 0) is 9.59 Å². The van der Waals surface area contributed by atoms with Gasteiger partial charge in [0.1, 0.15) is 0 Å². The Bertz CT molecular complexity index is 534. The van der Waals surface area contributed by atoms with E-state index < -0.39 is 0 Å². The van der Waals surface area contributed by atoms with Crippen molar-refractivity contribution in [3.05, 3.63) is 29.8 Å². The molecule has 1 aliphatic rings. The number of nitrogens with one attached hydrogen (secondary N) is 1. The second-order valence-electron chi connectivity index (χ2n) is 5.71. The van der Waals surface area contributed by atoms with Gasteiger partial charge in [0.2, 0.25) is 11.8 Å². The lowest BCUT2D eigenvalue weighted by Crippen LogP contribution is -2.32. The summed E-state index contributed by atoms with van der Waals surface area (Å²) in [5, 5.41) is 2.93. The van der Waals surface area contributed by atoms with Crippen LogP contribution in [0.4, 0.5) is 5.69 Å². The van der Waals surface area contributed by atoms with Gasteiger partial charge < -0.3 is 16.0 Å². The summed E-state index contributed by atoms with van der Waals surface area (Å²) in [6.45, 7) is 4.52. The third-order valence-corrected chi connectivity index (χ3v) is 3.64. The van der Waals surface area contributed by atoms with Crippen molar-refractivity contribution >= 4 is 29.9 Å². The molecule has 1 fully saturated rings. The van der Waals surface area contributed by atoms with Gasteiger partial charge in [0.25, 0.3) is 0 Å². The molecule has 0 radical (unpaired) electrons. The Kier molecular flexibility index (Phi) is 6.84. The molecule has 0 bridgehead atoms. The predicted molar refractivity (Wildman–Crippen MR) is 90.1 cm³/mol. The molecule has 2 amide bonds. The number of carbonyl (C=O) groups excluding carboxylic acids is 2. The number of hydrogen-bond donors (Lipinski definition) is 2. The molecule has 1 aliphatic heterocycles. The molecular weight excluding hydrogens is 302 g/mol. The lowest BCUT2D eigenvalue weighted by Gasteiger charge is -2.20. The molecule has 3 N–H and O–H groups in total. The summed E-state index contributed by atoms with van der Waals surface area (Å²) in [6.07, 6.45) is 1.84. The van der Waals surface area contributed by atoms with Crippen molar-refractivity contribution < 1.29 is 9.59 Å². The van der Waals surface area contributed by atoms with Crippen LogP contribution in [0.3, 0.4) is 0 Å². The predicted octanol–water partition coefficient (Wildman–Crippen LogP) is 2.15. The first-order valence-corrected chi connectivity index (χ1v) is 7.42. The maximum Gasteiger partial charge on any atom is 0.227 e. The Hall–Kier alpha value is -1.59. The smallest absolute Gasteiger partial charge is 0.227 e. The summed E-state index contributed by atoms with van der Waals surface area (Å²) in [5.74, 6) is 0.112. The number of hydrogen-bond acceptors (Lipinski definition) is 3. The average molecular weight is 326 g/mol. The molecule has 6 heteroatoms. The van der Waals surface area contributed by atoms with Crippen LogP contribution in [0.5, 0.6) is 0 Å². The Morgan fingerprint density at radius 3 is 2.73 bits per heavy atom. The summed E-state index contributed by atoms with van der Waals surface area (Å²) in [7, 11) is 0. The molecule has 1 saturated heterocycles. The van der Waals surface area contributed by atoms with Crippen molar-refractivity contribution in [2.75, 3.05) is 11.4 Å². The third-order valence-electron chi connectivity index (χ3n) is 3.64. The minimum Gasteiger partial charge on any atom is -0.350 e. The lowest BCUT2D eigenvalue weighted by molar-refractivity contribution is -0.122. The Morgan fingerprint density at radius 2 is 2.14 bits per heavy atom. The van der Waals surface area contributed by atoms with Crippen molar-refractivity contribution in [2.24, 2.45) is 5.73 Å². The molecule has 0 aromatic heterocycles. The molecule has 0 aliphatic carbocycles. The minimum absolute atomic E-state index is 0. The number of nitrogens with zero attached hydrogens (tertiary/aromatic N) is 1. The number of anilines is 1. The molecule has 1 heterocycles. The van der Waals surface area contributed by atoms with Crippen LogP contribution < -0.4 is 16.0 Å². The number of rotatable bonds is 5. The van der Waals surface area contributed by atoms with E-state index in [1.165, 1.54) is 0 Å². The maximum atomic E-state index is 11.8. The zero-order valence-electron chi connectivity index (χ0n) is 13.0. The SMILES string of the molecule is CC(N)CC(=O)NC(C)c1cccc(N2CCCC2=O)c1.Cl. The van der Waals surface area contributed by atoms with E-state index in [-0.39, 0.29) is 36.3 Å². The van der Waals surface area contributed by atoms with Crippen molar-refractivity contribution in [3.8, 4) is 0 Å². The first-order chi connectivity index (χ1) is 9.97. The van der Waals surface area contributed by atoms with Crippen molar-refractivity contribution in [1.82, 2.24) is 5.32 Å². The van der Waals surface area contributed by atoms with Gasteiger partial charge in [-0.05, 0) is 38.0 Å². The highest BCUT2D eigenvalue weighted by Crippen LogP contribution is 2.24. The molecular formula is C16H24ClN3O2. The molecule has 122 valence electrons. The van der Waals surface area contributed by atoms with Gasteiger partial charge in [-0.25, -0.2) is 0 Å². The van der Waals surface area contributed by atoms with Gasteiger partial charge in [-0.3, -0.25) is 9.59 Å². The lowest BCUT2D eigenvalue weighted by atomic mass is 10.1. The van der Waals surface area contributed by atoms with Gasteiger partial charge in [-0.2, -0.15) is 0 Å². The van der Waals surface area contributed by atoms with E-state index in [9.17, 15) is 9.59 Å². The highest BCUT2D eigenvalue weighted by atomic mass is 35.5. The molecule has 2 unspecified atom stereocenters. The molecule has 2 rings (SSSR count). The van der Waals surface area contributed by atoms with Gasteiger partial charge >= 0.3 is 0 Å². The molecule has 1 aromatic carbocycles. The number of benzene rings is 1. The van der Waals surface area contributed by atoms with Crippen LogP contribution in [0, 0.1) is 0 Å². The van der Waals surface area contributed by atoms with Crippen molar-refractivity contribution in [1.29, 1.82) is 0 Å². The first-order valence-electron chi connectivity index (χ1n) is 7.42. The van der Waals surface area contributed by atoms with E-state index in [0.29, 0.717) is 12.8 Å². The highest BCUT2D eigenvalue weighted by Gasteiger charge is 2.22. The topological polar surface area (TPSA) is 75.4 Å². The largest absolute Gasteiger partial charge is 0.350 e. The van der Waals surface area contributed by atoms with Crippen LogP contribution in [0.15, 0.2) is 24.3 Å². The fourth-order valence-electron chi connectivity index (χ4n) is 2.56. The molecule has 0 saturated carbocycles. The van der Waals surface area contributed by atoms with Crippen LogP contribution in [-0.4, -0.2) is 24.4 Å². The Balaban J connectivity index is 0.00000242. The molecule has 2 atom stereocenters. The zero-order valence-corrected chi connectivity index (χ0v) is 13.9. The minimum atomic E-state index is -0.147. The fourth-order valence-corrected chi connectivity index (χ4v) is 2.56. The van der Waals surface area contributed by atoms with Crippen LogP contribution in [0.2, 0.25) is 0 Å². The van der Waals surface area contributed by atoms with E-state index >= 15 is 0 Å². The summed E-state index contributed by atoms with van der Waals surface area (Å²) in [6, 6.07) is 7.54. The molecule has 0 spiro atoms. The van der Waals surface area contributed by atoms with Gasteiger partial charge in [0.05, 0.1) is 6.04 Å². The third kappa shape index (κ3) is 4.71. The van der Waals surface area contributed by atoms with Gasteiger partial charge in [0.15, 0.2) is 0 Å². The van der Waals surface area contributed by atoms with Gasteiger partial charge in [0, 0.05) is 31.1 Å². The number of halogens is 1. The van der Waals surface area contributed by atoms with Gasteiger partial charge in [-0.15, -0.1) is 12.4 Å². The van der Waals surface area contributed by atoms with Crippen LogP contribution >= 0.6 is 12.4 Å². The highest BCUT2D eigenvalue weighted by molar-refractivity contribution is 5.95. The second-order valence-corrected chi connectivity index (χ2v) is 5.71. The normalized spacial score (nSPS) is 16.9. The molecule has 1 aromatic rings. The van der Waals surface area contributed by atoms with E-state index in [2.05, 4.69) is 5.32 Å². The number of nitrogens with two attached hydrogens (primary N) is 1. The molecule has 5 nitrogen and oxygen atoms in total. The van der Waals surface area contributed by atoms with Crippen molar-refractivity contribution in [3.63, 3.8) is 0 Å². The Labute approximate surface area is 137 Å². The summed E-state index contributed by atoms with van der Waals surface area (Å²) in [4.78, 5) is 25.4. The second kappa shape index (κ2) is 8.15. The van der Waals surface area contributed by atoms with E-state index in [4.69, 9.17) is 5.73 Å². The summed E-state index contributed by atoms with van der Waals surface area (Å²) in [5.41, 5.74) is 7.52. The fraction of sp³-hybridized carbons (Fsp3) is 0.500. The summed E-state index contributed by atoms with van der Waals surface area (Å²) >= 11 is 0. The van der Waals surface area contributed by atoms with E-state index in [1.54, 1.807) is 4.90 Å². The number of carbonyl (C=O) groups is 2. The monoisotopic (exact) mass is 325 g/mol. The van der Waals surface area contributed by atoms with Crippen LogP contribution in [0.25, 0.3) is 0 Å². The van der Waals surface area contributed by atoms with E-state index in [1.807, 2.05) is 38.1 Å². The Morgan fingerprint density at radius 1 is 1.41 bits per heavy atom.